The second kappa shape index (κ2) is 27.9. The van der Waals surface area contributed by atoms with E-state index in [0.717, 1.165) is 6.42 Å². The number of nitrogens with one attached hydrogen (secondary N) is 1. The van der Waals surface area contributed by atoms with E-state index in [-0.39, 0.29) is 0 Å². The summed E-state index contributed by atoms with van der Waals surface area (Å²) in [5.41, 5.74) is 0. The summed E-state index contributed by atoms with van der Waals surface area (Å²) >= 11 is 0. The quantitative estimate of drug-likeness (QED) is 0.140. The molecule has 0 aliphatic rings. The largest absolute Gasteiger partial charge is 0.396 e. The van der Waals surface area contributed by atoms with Crippen molar-refractivity contribution in [3.05, 3.63) is 0 Å². The molecule has 0 atom stereocenters. The van der Waals surface area contributed by atoms with E-state index in [0.29, 0.717) is 6.61 Å². The van der Waals surface area contributed by atoms with E-state index in [4.69, 9.17) is 5.11 Å². The molecule has 2 heteroatoms. The molecule has 0 radical (unpaired) electrons. The van der Waals surface area contributed by atoms with Gasteiger partial charge in [-0.25, -0.2) is 0 Å². The lowest BCUT2D eigenvalue weighted by atomic mass is 10.0. The summed E-state index contributed by atoms with van der Waals surface area (Å²) in [4.78, 5) is 0. The van der Waals surface area contributed by atoms with Crippen LogP contribution in [0.25, 0.3) is 0 Å². The lowest BCUT2D eigenvalue weighted by Crippen LogP contribution is -2.16. The zero-order valence-corrected chi connectivity index (χ0v) is 20.3. The van der Waals surface area contributed by atoms with Crippen molar-refractivity contribution in [1.82, 2.24) is 5.32 Å². The molecule has 0 saturated heterocycles. The molecule has 0 unspecified atom stereocenters. The van der Waals surface area contributed by atoms with Crippen molar-refractivity contribution >= 4 is 0 Å². The Bertz CT molecular complexity index is 243. The molecule has 29 heavy (non-hydrogen) atoms. The van der Waals surface area contributed by atoms with Gasteiger partial charge in [-0.05, 0) is 32.4 Å². The van der Waals surface area contributed by atoms with Crippen LogP contribution in [0.4, 0.5) is 0 Å². The monoisotopic (exact) mass is 411 g/mol. The maximum atomic E-state index is 8.75. The van der Waals surface area contributed by atoms with E-state index >= 15 is 0 Å². The summed E-state index contributed by atoms with van der Waals surface area (Å²) in [6.07, 6.45) is 32.1. The normalized spacial score (nSPS) is 11.4. The number of hydrogen-bond donors (Lipinski definition) is 2. The summed E-state index contributed by atoms with van der Waals surface area (Å²) in [5.74, 6) is 0. The first-order chi connectivity index (χ1) is 14.4. The Kier molecular flexibility index (Phi) is 27.8. The van der Waals surface area contributed by atoms with Crippen LogP contribution in [0.15, 0.2) is 0 Å². The van der Waals surface area contributed by atoms with Crippen molar-refractivity contribution in [3.8, 4) is 0 Å². The SMILES string of the molecule is CCCCCNCCCCCCCCCCCCCCCCCCCCCCO. The highest BCUT2D eigenvalue weighted by Gasteiger charge is 1.96. The van der Waals surface area contributed by atoms with Crippen LogP contribution in [0.1, 0.15) is 155 Å². The van der Waals surface area contributed by atoms with Crippen LogP contribution in [0, 0.1) is 0 Å². The van der Waals surface area contributed by atoms with Crippen molar-refractivity contribution in [2.75, 3.05) is 19.7 Å². The molecule has 0 saturated carbocycles. The van der Waals surface area contributed by atoms with Crippen LogP contribution in [0.5, 0.6) is 0 Å². The van der Waals surface area contributed by atoms with Crippen molar-refractivity contribution < 1.29 is 5.11 Å². The summed E-state index contributed by atoms with van der Waals surface area (Å²) in [7, 11) is 0. The highest BCUT2D eigenvalue weighted by Crippen LogP contribution is 2.14. The van der Waals surface area contributed by atoms with Crippen molar-refractivity contribution in [2.45, 2.75) is 155 Å². The summed E-state index contributed by atoms with van der Waals surface area (Å²) in [6.45, 7) is 5.10. The Balaban J connectivity index is 2.97. The van der Waals surface area contributed by atoms with Gasteiger partial charge in [0.2, 0.25) is 0 Å². The molecule has 0 fully saturated rings. The van der Waals surface area contributed by atoms with E-state index in [9.17, 15) is 0 Å². The average molecular weight is 412 g/mol. The van der Waals surface area contributed by atoms with Crippen molar-refractivity contribution in [2.24, 2.45) is 0 Å². The summed E-state index contributed by atoms with van der Waals surface area (Å²) in [5, 5.41) is 12.3. The minimum atomic E-state index is 0.372. The van der Waals surface area contributed by atoms with Gasteiger partial charge in [-0.1, -0.05) is 135 Å². The fraction of sp³-hybridized carbons (Fsp3) is 1.00. The first-order valence-corrected chi connectivity index (χ1v) is 13.7. The number of aliphatic hydroxyl groups excluding tert-OH is 1. The number of rotatable bonds is 26. The Labute approximate surface area is 185 Å². The molecule has 0 aromatic heterocycles. The van der Waals surface area contributed by atoms with Crippen LogP contribution >= 0.6 is 0 Å². The molecule has 0 aliphatic heterocycles. The van der Waals surface area contributed by atoms with Crippen LogP contribution in [-0.2, 0) is 0 Å². The fourth-order valence-electron chi connectivity index (χ4n) is 4.17. The highest BCUT2D eigenvalue weighted by molar-refractivity contribution is 4.52. The molecule has 0 aromatic rings. The van der Waals surface area contributed by atoms with Gasteiger partial charge in [0, 0.05) is 6.61 Å². The Morgan fingerprint density at radius 3 is 0.966 bits per heavy atom. The molecule has 176 valence electrons. The van der Waals surface area contributed by atoms with E-state index in [1.807, 2.05) is 0 Å². The molecular weight excluding hydrogens is 354 g/mol. The molecule has 2 N–H and O–H groups in total. The van der Waals surface area contributed by atoms with Gasteiger partial charge < -0.3 is 10.4 Å². The van der Waals surface area contributed by atoms with Gasteiger partial charge in [0.1, 0.15) is 0 Å². The molecule has 0 heterocycles. The lowest BCUT2D eigenvalue weighted by Gasteiger charge is -2.05. The predicted molar refractivity (Wildman–Crippen MR) is 132 cm³/mol. The van der Waals surface area contributed by atoms with Gasteiger partial charge >= 0.3 is 0 Å². The fourth-order valence-corrected chi connectivity index (χ4v) is 4.17. The third-order valence-electron chi connectivity index (χ3n) is 6.22. The average Bonchev–Trinajstić information content (AvgIpc) is 2.74. The summed E-state index contributed by atoms with van der Waals surface area (Å²) in [6, 6.07) is 0. The van der Waals surface area contributed by atoms with E-state index in [2.05, 4.69) is 12.2 Å². The van der Waals surface area contributed by atoms with Crippen LogP contribution < -0.4 is 5.32 Å². The third-order valence-corrected chi connectivity index (χ3v) is 6.22. The lowest BCUT2D eigenvalue weighted by molar-refractivity contribution is 0.282. The minimum absolute atomic E-state index is 0.372. The number of unbranched alkanes of at least 4 members (excludes halogenated alkanes) is 21. The third kappa shape index (κ3) is 27.9. The second-order valence-electron chi connectivity index (χ2n) is 9.25. The molecule has 0 spiro atoms. The first kappa shape index (κ1) is 28.9. The summed E-state index contributed by atoms with van der Waals surface area (Å²) < 4.78 is 0. The number of aliphatic hydroxyl groups is 1. The maximum Gasteiger partial charge on any atom is 0.0431 e. The molecular formula is C27H57NO. The van der Waals surface area contributed by atoms with E-state index in [1.54, 1.807) is 0 Å². The Hall–Kier alpha value is -0.0800. The van der Waals surface area contributed by atoms with E-state index < -0.39 is 0 Å². The minimum Gasteiger partial charge on any atom is -0.396 e. The van der Waals surface area contributed by atoms with E-state index in [1.165, 1.54) is 154 Å². The molecule has 2 nitrogen and oxygen atoms in total. The van der Waals surface area contributed by atoms with Crippen LogP contribution in [0.2, 0.25) is 0 Å². The Morgan fingerprint density at radius 2 is 0.655 bits per heavy atom. The second-order valence-corrected chi connectivity index (χ2v) is 9.25. The zero-order valence-electron chi connectivity index (χ0n) is 20.3. The van der Waals surface area contributed by atoms with Gasteiger partial charge in [0.05, 0.1) is 0 Å². The van der Waals surface area contributed by atoms with Gasteiger partial charge in [-0.3, -0.25) is 0 Å². The first-order valence-electron chi connectivity index (χ1n) is 13.7. The van der Waals surface area contributed by atoms with Crippen molar-refractivity contribution in [1.29, 1.82) is 0 Å². The smallest absolute Gasteiger partial charge is 0.0431 e. The molecule has 0 rings (SSSR count). The topological polar surface area (TPSA) is 32.3 Å². The van der Waals surface area contributed by atoms with Gasteiger partial charge in [0.25, 0.3) is 0 Å². The van der Waals surface area contributed by atoms with Gasteiger partial charge in [-0.15, -0.1) is 0 Å². The zero-order chi connectivity index (χ0) is 21.1. The van der Waals surface area contributed by atoms with Gasteiger partial charge in [-0.2, -0.15) is 0 Å². The molecule has 0 bridgehead atoms. The molecule has 0 aliphatic carbocycles. The van der Waals surface area contributed by atoms with Crippen LogP contribution in [0.3, 0.4) is 0 Å². The van der Waals surface area contributed by atoms with Gasteiger partial charge in [0.15, 0.2) is 0 Å². The predicted octanol–water partition coefficient (Wildman–Crippen LogP) is 8.56. The standard InChI is InChI=1S/C27H57NO/c1-2-3-22-25-28-26-23-20-18-16-14-12-10-8-6-4-5-7-9-11-13-15-17-19-21-24-27-29/h28-29H,2-27H2,1H3. The number of hydrogen-bond acceptors (Lipinski definition) is 2. The maximum absolute atomic E-state index is 8.75. The molecule has 0 aromatic carbocycles. The molecule has 0 amide bonds. The highest BCUT2D eigenvalue weighted by atomic mass is 16.2. The Morgan fingerprint density at radius 1 is 0.379 bits per heavy atom. The van der Waals surface area contributed by atoms with Crippen LogP contribution in [-0.4, -0.2) is 24.8 Å². The van der Waals surface area contributed by atoms with Crippen molar-refractivity contribution in [3.63, 3.8) is 0 Å².